The average molecular weight is 434 g/mol. The molecule has 11 heteroatoms. The molecule has 0 bridgehead atoms. The summed E-state index contributed by atoms with van der Waals surface area (Å²) in [5.41, 5.74) is -0.611. The number of rotatable bonds is 6. The van der Waals surface area contributed by atoms with Gasteiger partial charge in [0.15, 0.2) is 0 Å². The van der Waals surface area contributed by atoms with Crippen molar-refractivity contribution in [3.8, 4) is 0 Å². The summed E-state index contributed by atoms with van der Waals surface area (Å²) in [6.07, 6.45) is 3.18. The number of hydrogen-bond acceptors (Lipinski definition) is 7. The number of nitro groups is 1. The lowest BCUT2D eigenvalue weighted by Crippen LogP contribution is -2.31. The summed E-state index contributed by atoms with van der Waals surface area (Å²) in [5.74, 6) is -1.56. The quantitative estimate of drug-likeness (QED) is 0.418. The zero-order valence-electron chi connectivity index (χ0n) is 13.7. The number of hydrogen-bond donors (Lipinski definition) is 1. The smallest absolute Gasteiger partial charge is 0.282 e. The fourth-order valence-electron chi connectivity index (χ4n) is 2.63. The van der Waals surface area contributed by atoms with E-state index >= 15 is 0 Å². The lowest BCUT2D eigenvalue weighted by Gasteiger charge is -2.13. The summed E-state index contributed by atoms with van der Waals surface area (Å²) in [6, 6.07) is 3.91. The first-order valence-corrected chi connectivity index (χ1v) is 8.59. The van der Waals surface area contributed by atoms with Gasteiger partial charge in [0.2, 0.25) is 11.9 Å². The maximum atomic E-state index is 12.4. The Kier molecular flexibility index (Phi) is 5.21. The Morgan fingerprint density at radius 2 is 1.93 bits per heavy atom. The van der Waals surface area contributed by atoms with Crippen LogP contribution in [0.4, 0.5) is 11.6 Å². The second-order valence-electron chi connectivity index (χ2n) is 5.60. The van der Waals surface area contributed by atoms with Gasteiger partial charge in [-0.15, -0.1) is 0 Å². The van der Waals surface area contributed by atoms with Crippen molar-refractivity contribution < 1.29 is 19.3 Å². The van der Waals surface area contributed by atoms with Crippen LogP contribution in [0.15, 0.2) is 35.1 Å². The third kappa shape index (κ3) is 3.82. The minimum Gasteiger partial charge on any atom is -0.295 e. The van der Waals surface area contributed by atoms with Gasteiger partial charge >= 0.3 is 0 Å². The monoisotopic (exact) mass is 433 g/mol. The molecule has 0 atom stereocenters. The van der Waals surface area contributed by atoms with Crippen LogP contribution in [0.5, 0.6) is 0 Å². The summed E-state index contributed by atoms with van der Waals surface area (Å²) in [6.45, 7) is -0.0296. The molecule has 0 fully saturated rings. The predicted octanol–water partition coefficient (Wildman–Crippen LogP) is 2.16. The number of carbonyl (C=O) groups is 3. The van der Waals surface area contributed by atoms with Crippen molar-refractivity contribution >= 4 is 45.3 Å². The van der Waals surface area contributed by atoms with Gasteiger partial charge < -0.3 is 0 Å². The van der Waals surface area contributed by atoms with Crippen molar-refractivity contribution in [2.24, 2.45) is 0 Å². The SMILES string of the molecule is O=C(CCCN1C(=O)c2cccc([N+](=O)[O-])c2C1=O)Nc1ncc(Br)cn1. The van der Waals surface area contributed by atoms with Gasteiger partial charge in [-0.2, -0.15) is 0 Å². The van der Waals surface area contributed by atoms with Gasteiger partial charge in [-0.05, 0) is 28.4 Å². The number of anilines is 1. The molecule has 1 aromatic heterocycles. The maximum absolute atomic E-state index is 12.4. The number of imide groups is 1. The van der Waals surface area contributed by atoms with Gasteiger partial charge in [0.1, 0.15) is 5.56 Å². The predicted molar refractivity (Wildman–Crippen MR) is 96.1 cm³/mol. The van der Waals surface area contributed by atoms with E-state index in [0.717, 1.165) is 4.90 Å². The zero-order chi connectivity index (χ0) is 19.6. The van der Waals surface area contributed by atoms with E-state index in [9.17, 15) is 24.5 Å². The Labute approximate surface area is 160 Å². The summed E-state index contributed by atoms with van der Waals surface area (Å²) in [7, 11) is 0. The van der Waals surface area contributed by atoms with Gasteiger partial charge in [-0.3, -0.25) is 34.7 Å². The van der Waals surface area contributed by atoms with Crippen LogP contribution >= 0.6 is 15.9 Å². The molecule has 0 saturated heterocycles. The molecule has 1 aliphatic rings. The largest absolute Gasteiger partial charge is 0.295 e. The van der Waals surface area contributed by atoms with Gasteiger partial charge in [-0.25, -0.2) is 9.97 Å². The van der Waals surface area contributed by atoms with Crippen molar-refractivity contribution in [3.05, 3.63) is 56.3 Å². The number of nitrogens with one attached hydrogen (secondary N) is 1. The zero-order valence-corrected chi connectivity index (χ0v) is 15.3. The lowest BCUT2D eigenvalue weighted by molar-refractivity contribution is -0.385. The first-order valence-electron chi connectivity index (χ1n) is 7.79. The topological polar surface area (TPSA) is 135 Å². The molecule has 0 radical (unpaired) electrons. The van der Waals surface area contributed by atoms with Gasteiger partial charge in [0, 0.05) is 31.4 Å². The molecular weight excluding hydrogens is 422 g/mol. The van der Waals surface area contributed by atoms with Crippen molar-refractivity contribution in [3.63, 3.8) is 0 Å². The van der Waals surface area contributed by atoms with Crippen molar-refractivity contribution in [2.45, 2.75) is 12.8 Å². The minimum atomic E-state index is -0.723. The number of aromatic nitrogens is 2. The van der Waals surface area contributed by atoms with Gasteiger partial charge in [-0.1, -0.05) is 6.07 Å². The highest BCUT2D eigenvalue weighted by atomic mass is 79.9. The number of benzene rings is 1. The highest BCUT2D eigenvalue weighted by Crippen LogP contribution is 2.30. The summed E-state index contributed by atoms with van der Waals surface area (Å²) >= 11 is 3.18. The van der Waals surface area contributed by atoms with Crippen LogP contribution in [0.3, 0.4) is 0 Å². The van der Waals surface area contributed by atoms with Crippen LogP contribution in [0.1, 0.15) is 33.6 Å². The van der Waals surface area contributed by atoms with Crippen LogP contribution in [0.25, 0.3) is 0 Å². The summed E-state index contributed by atoms with van der Waals surface area (Å²) in [4.78, 5) is 55.8. The highest BCUT2D eigenvalue weighted by molar-refractivity contribution is 9.10. The van der Waals surface area contributed by atoms with Gasteiger partial charge in [0.05, 0.1) is 15.0 Å². The second-order valence-corrected chi connectivity index (χ2v) is 6.51. The Hall–Kier alpha value is -3.21. The van der Waals surface area contributed by atoms with Crippen LogP contribution < -0.4 is 5.32 Å². The third-order valence-corrected chi connectivity index (χ3v) is 4.24. The van der Waals surface area contributed by atoms with Crippen LogP contribution in [0, 0.1) is 10.1 Å². The lowest BCUT2D eigenvalue weighted by atomic mass is 10.1. The van der Waals surface area contributed by atoms with E-state index in [0.29, 0.717) is 4.47 Å². The van der Waals surface area contributed by atoms with Crippen LogP contribution in [0.2, 0.25) is 0 Å². The molecule has 0 unspecified atom stereocenters. The van der Waals surface area contributed by atoms with Crippen molar-refractivity contribution in [1.29, 1.82) is 0 Å². The van der Waals surface area contributed by atoms with Crippen LogP contribution in [-0.4, -0.2) is 44.1 Å². The molecule has 2 aromatic rings. The standard InChI is InChI=1S/C16H12BrN5O5/c17-9-7-18-16(19-8-9)20-12(23)5-2-6-21-14(24)10-3-1-4-11(22(26)27)13(10)15(21)25/h1,3-4,7-8H,2,5-6H2,(H,18,19,20,23). The van der Waals surface area contributed by atoms with Crippen LogP contribution in [-0.2, 0) is 4.79 Å². The fourth-order valence-corrected chi connectivity index (χ4v) is 2.84. The molecule has 0 aliphatic carbocycles. The normalized spacial score (nSPS) is 12.9. The molecule has 0 spiro atoms. The fraction of sp³-hybridized carbons (Fsp3) is 0.188. The Balaban J connectivity index is 1.60. The molecule has 3 amide bonds. The molecule has 2 heterocycles. The number of nitrogens with zero attached hydrogens (tertiary/aromatic N) is 4. The molecule has 1 N–H and O–H groups in total. The average Bonchev–Trinajstić information content (AvgIpc) is 2.88. The third-order valence-electron chi connectivity index (χ3n) is 3.83. The molecule has 1 aliphatic heterocycles. The number of carbonyl (C=O) groups excluding carboxylic acids is 3. The molecule has 10 nitrogen and oxygen atoms in total. The van der Waals surface area contributed by atoms with E-state index < -0.39 is 22.4 Å². The molecule has 1 aromatic carbocycles. The van der Waals surface area contributed by atoms with Crippen molar-refractivity contribution in [2.75, 3.05) is 11.9 Å². The molecule has 138 valence electrons. The minimum absolute atomic E-state index is 0.00177. The summed E-state index contributed by atoms with van der Waals surface area (Å²) in [5, 5.41) is 13.6. The van der Waals surface area contributed by atoms with E-state index in [2.05, 4.69) is 31.2 Å². The first-order chi connectivity index (χ1) is 12.9. The molecule has 27 heavy (non-hydrogen) atoms. The van der Waals surface area contributed by atoms with E-state index in [4.69, 9.17) is 0 Å². The maximum Gasteiger partial charge on any atom is 0.282 e. The Morgan fingerprint density at radius 3 is 2.59 bits per heavy atom. The molecule has 0 saturated carbocycles. The Morgan fingerprint density at radius 1 is 1.22 bits per heavy atom. The Bertz CT molecular complexity index is 947. The van der Waals surface area contributed by atoms with E-state index in [1.807, 2.05) is 0 Å². The molecular formula is C16H12BrN5O5. The van der Waals surface area contributed by atoms with Crippen molar-refractivity contribution in [1.82, 2.24) is 14.9 Å². The number of nitro benzene ring substituents is 1. The summed E-state index contributed by atoms with van der Waals surface area (Å²) < 4.78 is 0.667. The second kappa shape index (κ2) is 7.58. The number of fused-ring (bicyclic) bond motifs is 1. The van der Waals surface area contributed by atoms with E-state index in [-0.39, 0.29) is 42.4 Å². The molecule has 3 rings (SSSR count). The first kappa shape index (κ1) is 18.6. The number of amides is 3. The number of halogens is 1. The van der Waals surface area contributed by atoms with Gasteiger partial charge in [0.25, 0.3) is 17.5 Å². The highest BCUT2D eigenvalue weighted by Gasteiger charge is 2.40. The van der Waals surface area contributed by atoms with E-state index in [1.54, 1.807) is 0 Å². The van der Waals surface area contributed by atoms with E-state index in [1.165, 1.54) is 30.6 Å².